The van der Waals surface area contributed by atoms with Gasteiger partial charge in [0, 0.05) is 51.9 Å². The lowest BCUT2D eigenvalue weighted by Crippen LogP contribution is -2.32. The predicted octanol–water partition coefficient (Wildman–Crippen LogP) is 0.657. The molecule has 6 N–H and O–H groups in total. The third-order valence-corrected chi connectivity index (χ3v) is 11.6. The third kappa shape index (κ3) is 19.7. The van der Waals surface area contributed by atoms with E-state index in [0.717, 1.165) is 16.7 Å². The molecule has 0 unspecified atom stereocenters. The molecule has 0 saturated heterocycles. The SMILES string of the molecule is O=S(=O)(O)c1ccc(Cc2nc(Cc3ccc(/C=C/c4ccc(Cc5nc(Cc6ccccc6)nc(N(CCO)CCO)n5)cc4S(=O)(=O)O)cc3)nc(N(CCO)CCO)n2)cc1.O=S(=O)=O.O=S(=O)=O. The Balaban J connectivity index is 0.00000131. The van der Waals surface area contributed by atoms with Crippen molar-refractivity contribution in [3.05, 3.63) is 154 Å². The minimum absolute atomic E-state index is 0.0899. The van der Waals surface area contributed by atoms with Gasteiger partial charge in [-0.25, -0.2) is 9.97 Å². The molecule has 0 radical (unpaired) electrons. The monoisotopic (exact) mass is 1070 g/mol. The lowest BCUT2D eigenvalue weighted by atomic mass is 10.1. The molecule has 4 aromatic carbocycles. The highest BCUT2D eigenvalue weighted by molar-refractivity contribution is 7.86. The van der Waals surface area contributed by atoms with Crippen molar-refractivity contribution >= 4 is 65.5 Å². The molecule has 0 fully saturated rings. The van der Waals surface area contributed by atoms with Crippen LogP contribution in [0.4, 0.5) is 11.9 Å². The van der Waals surface area contributed by atoms with E-state index in [2.05, 4.69) is 29.9 Å². The summed E-state index contributed by atoms with van der Waals surface area (Å²) in [4.78, 5) is 30.3. The number of hydrogen-bond donors (Lipinski definition) is 6. The van der Waals surface area contributed by atoms with Crippen LogP contribution in [-0.4, -0.2) is 154 Å². The maximum Gasteiger partial charge on any atom is 0.425 e. The summed E-state index contributed by atoms with van der Waals surface area (Å²) < 4.78 is 119. The minimum atomic E-state index is -4.68. The topological polar surface area (TPSA) is 376 Å². The zero-order valence-corrected chi connectivity index (χ0v) is 41.1. The van der Waals surface area contributed by atoms with Gasteiger partial charge in [-0.15, -0.1) is 25.3 Å². The van der Waals surface area contributed by atoms with Crippen LogP contribution in [0.2, 0.25) is 0 Å². The van der Waals surface area contributed by atoms with Crippen LogP contribution in [-0.2, 0) is 67.1 Å². The first-order valence-corrected chi connectivity index (χ1v) is 26.0. The van der Waals surface area contributed by atoms with Gasteiger partial charge in [0.2, 0.25) is 11.9 Å². The summed E-state index contributed by atoms with van der Waals surface area (Å²) in [6.07, 6.45) is 4.21. The Morgan fingerprint density at radius 3 is 1.18 bits per heavy atom. The van der Waals surface area contributed by atoms with Crippen molar-refractivity contribution in [1.82, 2.24) is 29.9 Å². The highest BCUT2D eigenvalue weighted by atomic mass is 32.2. The molecule has 0 aliphatic rings. The molecule has 0 amide bonds. The average molecular weight is 1070 g/mol. The molecule has 72 heavy (non-hydrogen) atoms. The summed E-state index contributed by atoms with van der Waals surface area (Å²) in [6, 6.07) is 27.2. The van der Waals surface area contributed by atoms with Gasteiger partial charge >= 0.3 is 21.2 Å². The molecular formula is C44H48N8O16S4. The second-order valence-corrected chi connectivity index (χ2v) is 18.6. The van der Waals surface area contributed by atoms with Crippen LogP contribution >= 0.6 is 0 Å². The summed E-state index contributed by atoms with van der Waals surface area (Å²) in [5.41, 5.74) is 3.90. The van der Waals surface area contributed by atoms with Crippen molar-refractivity contribution in [2.24, 2.45) is 0 Å². The molecule has 2 aromatic heterocycles. The van der Waals surface area contributed by atoms with E-state index < -0.39 is 41.5 Å². The van der Waals surface area contributed by atoms with E-state index in [1.807, 2.05) is 54.6 Å². The maximum atomic E-state index is 12.7. The quantitative estimate of drug-likeness (QED) is 0.0402. The lowest BCUT2D eigenvalue weighted by Gasteiger charge is -2.21. The van der Waals surface area contributed by atoms with Gasteiger partial charge in [0.1, 0.15) is 28.2 Å². The van der Waals surface area contributed by atoms with Gasteiger partial charge < -0.3 is 30.2 Å². The zero-order valence-electron chi connectivity index (χ0n) is 37.9. The van der Waals surface area contributed by atoms with Crippen LogP contribution in [0.1, 0.15) is 56.7 Å². The Labute approximate surface area is 416 Å². The summed E-state index contributed by atoms with van der Waals surface area (Å²) in [7, 11) is -15.3. The fourth-order valence-corrected chi connectivity index (χ4v) is 7.92. The van der Waals surface area contributed by atoms with E-state index in [9.17, 15) is 46.4 Å². The first kappa shape index (κ1) is 57.7. The second kappa shape index (κ2) is 28.2. The van der Waals surface area contributed by atoms with Crippen molar-refractivity contribution in [3.63, 3.8) is 0 Å². The van der Waals surface area contributed by atoms with Crippen LogP contribution in [0.25, 0.3) is 12.2 Å². The molecule has 24 nitrogen and oxygen atoms in total. The second-order valence-electron chi connectivity index (χ2n) is 14.9. The summed E-state index contributed by atoms with van der Waals surface area (Å²) in [5.74, 6) is 2.02. The van der Waals surface area contributed by atoms with Crippen molar-refractivity contribution in [1.29, 1.82) is 0 Å². The Bertz CT molecular complexity index is 3180. The first-order chi connectivity index (χ1) is 34.2. The molecule has 0 aliphatic carbocycles. The van der Waals surface area contributed by atoms with E-state index in [-0.39, 0.29) is 99.1 Å². The highest BCUT2D eigenvalue weighted by Gasteiger charge is 2.19. The predicted molar refractivity (Wildman–Crippen MR) is 257 cm³/mol. The van der Waals surface area contributed by atoms with E-state index in [4.69, 9.17) is 25.3 Å². The third-order valence-electron chi connectivity index (χ3n) is 9.78. The van der Waals surface area contributed by atoms with E-state index in [1.54, 1.807) is 34.1 Å². The fraction of sp³-hybridized carbons (Fsp3) is 0.273. The largest absolute Gasteiger partial charge is 0.425 e. The summed E-state index contributed by atoms with van der Waals surface area (Å²) in [6.45, 7) is -0.165. The van der Waals surface area contributed by atoms with Crippen molar-refractivity contribution < 1.29 is 71.6 Å². The standard InChI is InChI=1S/C44H48N8O10S2.2O3S/c53-22-18-51(19-23-54)43-48-40(45-41(49-43)29-34-12-16-37(17-13-34)63(57,58)59)28-33-8-6-31(7-9-33)10-14-36-15-11-35(26-38(36)64(60,61)62)30-42-46-39(27-32-4-2-1-3-5-32)47-44(50-42)52(20-24-55)21-25-56;2*1-4(2)3/h1-17,26,53-56H,18-25,27-30H2,(H,57,58,59)(H,60,61,62);;/b14-10+;;. The van der Waals surface area contributed by atoms with Crippen LogP contribution in [0.15, 0.2) is 107 Å². The molecule has 0 aliphatic heterocycles. The normalized spacial score (nSPS) is 11.2. The minimum Gasteiger partial charge on any atom is -0.395 e. The molecule has 0 saturated carbocycles. The smallest absolute Gasteiger partial charge is 0.395 e. The maximum absolute atomic E-state index is 12.7. The van der Waals surface area contributed by atoms with Crippen molar-refractivity contribution in [2.45, 2.75) is 35.5 Å². The number of aliphatic hydroxyl groups is 4. The van der Waals surface area contributed by atoms with Gasteiger partial charge in [0.05, 0.1) is 31.3 Å². The molecule has 0 atom stereocenters. The van der Waals surface area contributed by atoms with E-state index in [1.165, 1.54) is 30.3 Å². The Hall–Kier alpha value is -6.86. The molecule has 28 heteroatoms. The van der Waals surface area contributed by atoms with Crippen LogP contribution in [0.3, 0.4) is 0 Å². The van der Waals surface area contributed by atoms with Crippen molar-refractivity contribution in [2.75, 3.05) is 62.4 Å². The molecule has 384 valence electrons. The van der Waals surface area contributed by atoms with Gasteiger partial charge in [-0.05, 0) is 51.6 Å². The Morgan fingerprint density at radius 1 is 0.444 bits per heavy atom. The molecule has 0 bridgehead atoms. The van der Waals surface area contributed by atoms with Crippen molar-refractivity contribution in [3.8, 4) is 0 Å². The van der Waals surface area contributed by atoms with Gasteiger partial charge in [-0.3, -0.25) is 9.11 Å². The van der Waals surface area contributed by atoms with Crippen LogP contribution < -0.4 is 9.80 Å². The molecule has 0 spiro atoms. The molecule has 2 heterocycles. The average Bonchev–Trinajstić information content (AvgIpc) is 3.31. The van der Waals surface area contributed by atoms with Gasteiger partial charge in [0.25, 0.3) is 20.2 Å². The number of anilines is 2. The number of aromatic nitrogens is 6. The van der Waals surface area contributed by atoms with E-state index >= 15 is 0 Å². The first-order valence-electron chi connectivity index (χ1n) is 21.1. The summed E-state index contributed by atoms with van der Waals surface area (Å²) in [5, 5.41) is 38.6. The number of benzene rings is 4. The number of aliphatic hydroxyl groups excluding tert-OH is 4. The fourth-order valence-electron chi connectivity index (χ4n) is 6.70. The number of nitrogens with zero attached hydrogens (tertiary/aromatic N) is 8. The van der Waals surface area contributed by atoms with E-state index in [0.29, 0.717) is 40.8 Å². The summed E-state index contributed by atoms with van der Waals surface area (Å²) >= 11 is 0. The molecule has 6 aromatic rings. The highest BCUT2D eigenvalue weighted by Crippen LogP contribution is 2.24. The van der Waals surface area contributed by atoms with Gasteiger partial charge in [-0.1, -0.05) is 91.0 Å². The number of hydrogen-bond acceptors (Lipinski definition) is 22. The zero-order chi connectivity index (χ0) is 52.8. The van der Waals surface area contributed by atoms with Crippen LogP contribution in [0.5, 0.6) is 0 Å². The lowest BCUT2D eigenvalue weighted by molar-refractivity contribution is 0.279. The Kier molecular flexibility index (Phi) is 22.6. The van der Waals surface area contributed by atoms with Crippen LogP contribution in [0, 0.1) is 0 Å². The van der Waals surface area contributed by atoms with Gasteiger partial charge in [-0.2, -0.15) is 36.8 Å². The molecular weight excluding hydrogens is 1020 g/mol. The number of rotatable bonds is 22. The Morgan fingerprint density at radius 2 is 0.806 bits per heavy atom. The molecule has 6 rings (SSSR count). The van der Waals surface area contributed by atoms with Gasteiger partial charge in [0.15, 0.2) is 0 Å².